The first-order chi connectivity index (χ1) is 8.97. The first-order valence-corrected chi connectivity index (χ1v) is 6.18. The molecule has 1 saturated carbocycles. The van der Waals surface area contributed by atoms with Crippen LogP contribution in [0.2, 0.25) is 0 Å². The Morgan fingerprint density at radius 1 is 1.16 bits per heavy atom. The molecular formula is C13H15F3N2O. The summed E-state index contributed by atoms with van der Waals surface area (Å²) in [5, 5.41) is 2.29. The minimum absolute atomic E-state index is 0.0423. The van der Waals surface area contributed by atoms with Gasteiger partial charge in [0.05, 0.1) is 5.69 Å². The highest BCUT2D eigenvalue weighted by atomic mass is 19.2. The molecule has 0 radical (unpaired) electrons. The van der Waals surface area contributed by atoms with Crippen LogP contribution in [0.5, 0.6) is 0 Å². The van der Waals surface area contributed by atoms with Gasteiger partial charge in [-0.3, -0.25) is 4.79 Å². The number of carbonyl (C=O) groups excluding carboxylic acids is 1. The standard InChI is InChI=1S/C13H15F3N2O/c14-9-5-11(16)12(6-10(9)15)18-13(19)7-2-1-3-8(17)4-7/h5-8H,1-4,17H2,(H,18,19). The maximum Gasteiger partial charge on any atom is 0.227 e. The molecule has 2 rings (SSSR count). The van der Waals surface area contributed by atoms with Crippen LogP contribution in [0, 0.1) is 23.4 Å². The lowest BCUT2D eigenvalue weighted by molar-refractivity contribution is -0.120. The van der Waals surface area contributed by atoms with Crippen LogP contribution in [0.3, 0.4) is 0 Å². The predicted molar refractivity (Wildman–Crippen MR) is 64.9 cm³/mol. The zero-order valence-electron chi connectivity index (χ0n) is 10.3. The molecule has 0 bridgehead atoms. The monoisotopic (exact) mass is 272 g/mol. The third kappa shape index (κ3) is 3.26. The second-order valence-corrected chi connectivity index (χ2v) is 4.86. The number of hydrogen-bond donors (Lipinski definition) is 2. The second kappa shape index (κ2) is 5.61. The number of halogens is 3. The molecular weight excluding hydrogens is 257 g/mol. The molecule has 0 spiro atoms. The molecule has 3 nitrogen and oxygen atoms in total. The van der Waals surface area contributed by atoms with Gasteiger partial charge in [-0.1, -0.05) is 6.42 Å². The number of nitrogens with one attached hydrogen (secondary N) is 1. The zero-order chi connectivity index (χ0) is 14.0. The number of hydrogen-bond acceptors (Lipinski definition) is 2. The van der Waals surface area contributed by atoms with Gasteiger partial charge in [-0.15, -0.1) is 0 Å². The minimum atomic E-state index is -1.28. The Kier molecular flexibility index (Phi) is 4.09. The Balaban J connectivity index is 2.08. The Bertz CT molecular complexity index is 493. The van der Waals surface area contributed by atoms with Crippen molar-refractivity contribution in [3.8, 4) is 0 Å². The number of amides is 1. The highest BCUT2D eigenvalue weighted by Crippen LogP contribution is 2.25. The summed E-state index contributed by atoms with van der Waals surface area (Å²) in [6, 6.07) is 1.02. The molecule has 3 N–H and O–H groups in total. The SMILES string of the molecule is NC1CCCC(C(=O)Nc2cc(F)c(F)cc2F)C1. The van der Waals surface area contributed by atoms with Crippen LogP contribution in [-0.4, -0.2) is 11.9 Å². The van der Waals surface area contributed by atoms with Crippen molar-refractivity contribution in [3.05, 3.63) is 29.6 Å². The van der Waals surface area contributed by atoms with E-state index in [0.717, 1.165) is 12.8 Å². The predicted octanol–water partition coefficient (Wildman–Crippen LogP) is 2.56. The van der Waals surface area contributed by atoms with Crippen molar-refractivity contribution in [1.29, 1.82) is 0 Å². The van der Waals surface area contributed by atoms with Crippen LogP contribution >= 0.6 is 0 Å². The molecule has 1 aliphatic rings. The van der Waals surface area contributed by atoms with E-state index in [4.69, 9.17) is 5.73 Å². The average molecular weight is 272 g/mol. The fraction of sp³-hybridized carbons (Fsp3) is 0.462. The van der Waals surface area contributed by atoms with E-state index in [2.05, 4.69) is 5.32 Å². The Morgan fingerprint density at radius 2 is 1.84 bits per heavy atom. The van der Waals surface area contributed by atoms with Crippen LogP contribution in [0.15, 0.2) is 12.1 Å². The second-order valence-electron chi connectivity index (χ2n) is 4.86. The van der Waals surface area contributed by atoms with Gasteiger partial charge in [0.15, 0.2) is 11.6 Å². The molecule has 2 unspecified atom stereocenters. The highest BCUT2D eigenvalue weighted by molar-refractivity contribution is 5.92. The molecule has 0 heterocycles. The van der Waals surface area contributed by atoms with Gasteiger partial charge in [0, 0.05) is 24.1 Å². The van der Waals surface area contributed by atoms with E-state index < -0.39 is 23.4 Å². The van der Waals surface area contributed by atoms with Crippen LogP contribution in [0.4, 0.5) is 18.9 Å². The van der Waals surface area contributed by atoms with Gasteiger partial charge >= 0.3 is 0 Å². The molecule has 0 aliphatic heterocycles. The lowest BCUT2D eigenvalue weighted by Gasteiger charge is -2.25. The molecule has 1 aliphatic carbocycles. The van der Waals surface area contributed by atoms with E-state index in [0.29, 0.717) is 25.0 Å². The number of rotatable bonds is 2. The quantitative estimate of drug-likeness (QED) is 0.813. The van der Waals surface area contributed by atoms with E-state index in [9.17, 15) is 18.0 Å². The normalized spacial score (nSPS) is 23.2. The van der Waals surface area contributed by atoms with Crippen molar-refractivity contribution in [2.45, 2.75) is 31.7 Å². The Hall–Kier alpha value is -1.56. The molecule has 2 atom stereocenters. The fourth-order valence-electron chi connectivity index (χ4n) is 2.32. The summed E-state index contributed by atoms with van der Waals surface area (Å²) in [4.78, 5) is 11.9. The molecule has 104 valence electrons. The molecule has 1 amide bonds. The zero-order valence-corrected chi connectivity index (χ0v) is 10.3. The van der Waals surface area contributed by atoms with E-state index >= 15 is 0 Å². The third-order valence-electron chi connectivity index (χ3n) is 3.35. The van der Waals surface area contributed by atoms with Gasteiger partial charge in [-0.05, 0) is 19.3 Å². The molecule has 1 fully saturated rings. The van der Waals surface area contributed by atoms with Gasteiger partial charge in [0.2, 0.25) is 5.91 Å². The molecule has 0 aromatic heterocycles. The molecule has 1 aromatic rings. The first kappa shape index (κ1) is 13.9. The number of benzene rings is 1. The van der Waals surface area contributed by atoms with E-state index in [1.165, 1.54) is 0 Å². The van der Waals surface area contributed by atoms with Crippen molar-refractivity contribution in [3.63, 3.8) is 0 Å². The van der Waals surface area contributed by atoms with Crippen LogP contribution in [0.1, 0.15) is 25.7 Å². The van der Waals surface area contributed by atoms with Crippen molar-refractivity contribution < 1.29 is 18.0 Å². The molecule has 0 saturated heterocycles. The van der Waals surface area contributed by atoms with Crippen molar-refractivity contribution in [2.24, 2.45) is 11.7 Å². The van der Waals surface area contributed by atoms with Gasteiger partial charge in [-0.25, -0.2) is 13.2 Å². The summed E-state index contributed by atoms with van der Waals surface area (Å²) < 4.78 is 39.1. The van der Waals surface area contributed by atoms with E-state index in [1.54, 1.807) is 0 Å². The van der Waals surface area contributed by atoms with E-state index in [-0.39, 0.29) is 17.6 Å². The smallest absolute Gasteiger partial charge is 0.227 e. The topological polar surface area (TPSA) is 55.1 Å². The Labute approximate surface area is 109 Å². The summed E-state index contributed by atoms with van der Waals surface area (Å²) >= 11 is 0. The van der Waals surface area contributed by atoms with Gasteiger partial charge in [0.1, 0.15) is 5.82 Å². The van der Waals surface area contributed by atoms with Gasteiger partial charge in [0.25, 0.3) is 0 Å². The first-order valence-electron chi connectivity index (χ1n) is 6.18. The minimum Gasteiger partial charge on any atom is -0.328 e. The summed E-state index contributed by atoms with van der Waals surface area (Å²) in [7, 11) is 0. The van der Waals surface area contributed by atoms with Crippen molar-refractivity contribution in [1.82, 2.24) is 0 Å². The van der Waals surface area contributed by atoms with Crippen LogP contribution < -0.4 is 11.1 Å². The summed E-state index contributed by atoms with van der Waals surface area (Å²) in [5.74, 6) is -4.18. The fourth-order valence-corrected chi connectivity index (χ4v) is 2.32. The maximum absolute atomic E-state index is 13.4. The van der Waals surface area contributed by atoms with Gasteiger partial charge < -0.3 is 11.1 Å². The molecule has 1 aromatic carbocycles. The lowest BCUT2D eigenvalue weighted by atomic mass is 9.85. The van der Waals surface area contributed by atoms with Gasteiger partial charge in [-0.2, -0.15) is 0 Å². The molecule has 19 heavy (non-hydrogen) atoms. The van der Waals surface area contributed by atoms with Crippen molar-refractivity contribution >= 4 is 11.6 Å². The van der Waals surface area contributed by atoms with Crippen LogP contribution in [0.25, 0.3) is 0 Å². The largest absolute Gasteiger partial charge is 0.328 e. The van der Waals surface area contributed by atoms with Crippen molar-refractivity contribution in [2.75, 3.05) is 5.32 Å². The lowest BCUT2D eigenvalue weighted by Crippen LogP contribution is -2.34. The average Bonchev–Trinajstić information content (AvgIpc) is 2.36. The van der Waals surface area contributed by atoms with Crippen LogP contribution in [-0.2, 0) is 4.79 Å². The maximum atomic E-state index is 13.4. The molecule has 6 heteroatoms. The summed E-state index contributed by atoms with van der Waals surface area (Å²) in [5.41, 5.74) is 5.42. The summed E-state index contributed by atoms with van der Waals surface area (Å²) in [6.45, 7) is 0. The third-order valence-corrected chi connectivity index (χ3v) is 3.35. The number of carbonyl (C=O) groups is 1. The highest BCUT2D eigenvalue weighted by Gasteiger charge is 2.26. The number of nitrogens with two attached hydrogens (primary N) is 1. The van der Waals surface area contributed by atoms with E-state index in [1.807, 2.05) is 0 Å². The number of anilines is 1. The Morgan fingerprint density at radius 3 is 2.53 bits per heavy atom. The summed E-state index contributed by atoms with van der Waals surface area (Å²) in [6.07, 6.45) is 2.89.